The topological polar surface area (TPSA) is 89.1 Å². The van der Waals surface area contributed by atoms with Crippen molar-refractivity contribution in [2.24, 2.45) is 13.0 Å². The molecule has 7 nitrogen and oxygen atoms in total. The van der Waals surface area contributed by atoms with Crippen molar-refractivity contribution in [1.82, 2.24) is 14.5 Å². The minimum Gasteiger partial charge on any atom is -0.383 e. The third kappa shape index (κ3) is 4.48. The predicted octanol–water partition coefficient (Wildman–Crippen LogP) is 5.98. The molecular formula is C32H34N6O. The Morgan fingerprint density at radius 3 is 2.67 bits per heavy atom. The van der Waals surface area contributed by atoms with Crippen LogP contribution in [0.4, 0.5) is 17.2 Å². The first-order chi connectivity index (χ1) is 18.9. The van der Waals surface area contributed by atoms with Crippen molar-refractivity contribution in [1.29, 1.82) is 0 Å². The van der Waals surface area contributed by atoms with Crippen LogP contribution in [0.3, 0.4) is 0 Å². The lowest BCUT2D eigenvalue weighted by Crippen LogP contribution is -2.35. The largest absolute Gasteiger partial charge is 0.383 e. The average molecular weight is 519 g/mol. The molecule has 198 valence electrons. The van der Waals surface area contributed by atoms with Crippen LogP contribution in [-0.4, -0.2) is 33.5 Å². The maximum absolute atomic E-state index is 13.5. The lowest BCUT2D eigenvalue weighted by molar-refractivity contribution is -0.122. The molecular weight excluding hydrogens is 484 g/mol. The number of carbonyl (C=O) groups excluding carboxylic acids is 1. The van der Waals surface area contributed by atoms with Gasteiger partial charge in [-0.15, -0.1) is 0 Å². The van der Waals surface area contributed by atoms with Crippen molar-refractivity contribution in [3.05, 3.63) is 84.2 Å². The van der Waals surface area contributed by atoms with Gasteiger partial charge in [0.15, 0.2) is 0 Å². The normalized spacial score (nSPS) is 16.7. The van der Waals surface area contributed by atoms with Gasteiger partial charge in [-0.3, -0.25) is 4.79 Å². The van der Waals surface area contributed by atoms with Crippen LogP contribution >= 0.6 is 0 Å². The number of anilines is 3. The number of hydrogen-bond donors (Lipinski definition) is 2. The van der Waals surface area contributed by atoms with E-state index in [1.54, 1.807) is 0 Å². The fourth-order valence-electron chi connectivity index (χ4n) is 6.00. The van der Waals surface area contributed by atoms with E-state index in [-0.39, 0.29) is 11.8 Å². The van der Waals surface area contributed by atoms with Gasteiger partial charge in [0, 0.05) is 43.0 Å². The number of nitrogens with one attached hydrogen (secondary N) is 1. The lowest BCUT2D eigenvalue weighted by Gasteiger charge is -2.27. The number of hydrogen-bond acceptors (Lipinski definition) is 5. The molecule has 0 radical (unpaired) electrons. The second-order valence-electron chi connectivity index (χ2n) is 10.7. The Bertz CT molecular complexity index is 1610. The van der Waals surface area contributed by atoms with Crippen LogP contribution in [0, 0.1) is 5.92 Å². The molecule has 7 heteroatoms. The van der Waals surface area contributed by atoms with Crippen molar-refractivity contribution in [3.8, 4) is 11.3 Å². The lowest BCUT2D eigenvalue weighted by atomic mass is 9.84. The number of aryl methyl sites for hydroxylation is 1. The number of nitrogens with two attached hydrogens (primary N) is 1. The van der Waals surface area contributed by atoms with Crippen molar-refractivity contribution in [2.45, 2.75) is 32.6 Å². The van der Waals surface area contributed by atoms with Gasteiger partial charge >= 0.3 is 0 Å². The molecule has 0 saturated heterocycles. The number of aromatic nitrogens is 3. The fraction of sp³-hybridized carbons (Fsp3) is 0.281. The SMILES string of the molecule is C=C(C)CNc1ccc(-c2c(C3=CC[C@H](C(=O)N4CCc5ccccc54)CC3)c3c(N)ncnc3n2C)cc1. The third-order valence-electron chi connectivity index (χ3n) is 7.98. The summed E-state index contributed by atoms with van der Waals surface area (Å²) in [7, 11) is 2.03. The molecule has 3 heterocycles. The Labute approximate surface area is 229 Å². The molecule has 0 saturated carbocycles. The predicted molar refractivity (Wildman–Crippen MR) is 159 cm³/mol. The van der Waals surface area contributed by atoms with E-state index in [1.165, 1.54) is 17.5 Å². The van der Waals surface area contributed by atoms with E-state index in [9.17, 15) is 4.79 Å². The van der Waals surface area contributed by atoms with Gasteiger partial charge < -0.3 is 20.5 Å². The first-order valence-corrected chi connectivity index (χ1v) is 13.6. The number of para-hydroxylation sites is 1. The molecule has 1 aliphatic heterocycles. The van der Waals surface area contributed by atoms with Crippen molar-refractivity contribution in [2.75, 3.05) is 29.0 Å². The average Bonchev–Trinajstić information content (AvgIpc) is 3.52. The van der Waals surface area contributed by atoms with Crippen molar-refractivity contribution in [3.63, 3.8) is 0 Å². The molecule has 6 rings (SSSR count). The van der Waals surface area contributed by atoms with E-state index in [4.69, 9.17) is 5.73 Å². The number of nitrogens with zero attached hydrogens (tertiary/aromatic N) is 4. The first-order valence-electron chi connectivity index (χ1n) is 13.6. The molecule has 2 aromatic carbocycles. The highest BCUT2D eigenvalue weighted by molar-refractivity contribution is 6.05. The Balaban J connectivity index is 1.34. The number of amides is 1. The van der Waals surface area contributed by atoms with Crippen molar-refractivity contribution >= 4 is 39.7 Å². The molecule has 3 N–H and O–H groups in total. The molecule has 39 heavy (non-hydrogen) atoms. The van der Waals surface area contributed by atoms with Crippen molar-refractivity contribution < 1.29 is 4.79 Å². The zero-order valence-electron chi connectivity index (χ0n) is 22.6. The maximum atomic E-state index is 13.5. The van der Waals surface area contributed by atoms with Gasteiger partial charge in [0.2, 0.25) is 5.91 Å². The van der Waals surface area contributed by atoms with Crippen LogP contribution in [0.15, 0.2) is 73.1 Å². The van der Waals surface area contributed by atoms with E-state index in [1.807, 2.05) is 31.0 Å². The molecule has 2 aliphatic rings. The minimum atomic E-state index is -0.0226. The zero-order chi connectivity index (χ0) is 27.1. The molecule has 0 spiro atoms. The molecule has 4 aromatic rings. The summed E-state index contributed by atoms with van der Waals surface area (Å²) in [5.41, 5.74) is 16.1. The van der Waals surface area contributed by atoms with Gasteiger partial charge in [-0.2, -0.15) is 0 Å². The number of fused-ring (bicyclic) bond motifs is 2. The molecule has 2 aromatic heterocycles. The van der Waals surface area contributed by atoms with Gasteiger partial charge in [0.25, 0.3) is 0 Å². The number of nitrogen functional groups attached to an aromatic ring is 1. The summed E-state index contributed by atoms with van der Waals surface area (Å²) >= 11 is 0. The van der Waals surface area contributed by atoms with Crippen LogP contribution in [0.1, 0.15) is 37.3 Å². The molecule has 1 atom stereocenters. The van der Waals surface area contributed by atoms with Crippen LogP contribution in [0.25, 0.3) is 27.9 Å². The highest BCUT2D eigenvalue weighted by Crippen LogP contribution is 2.43. The zero-order valence-corrected chi connectivity index (χ0v) is 22.6. The maximum Gasteiger partial charge on any atom is 0.230 e. The summed E-state index contributed by atoms with van der Waals surface area (Å²) in [4.78, 5) is 24.4. The van der Waals surface area contributed by atoms with E-state index in [0.29, 0.717) is 12.2 Å². The van der Waals surface area contributed by atoms with Crippen LogP contribution < -0.4 is 16.0 Å². The Kier molecular flexibility index (Phi) is 6.43. The monoisotopic (exact) mass is 518 g/mol. The quantitative estimate of drug-likeness (QED) is 0.307. The summed E-state index contributed by atoms with van der Waals surface area (Å²) in [5.74, 6) is 0.684. The van der Waals surface area contributed by atoms with Crippen LogP contribution in [-0.2, 0) is 18.3 Å². The molecule has 0 unspecified atom stereocenters. The van der Waals surface area contributed by atoms with Gasteiger partial charge in [0.05, 0.1) is 11.1 Å². The number of benzene rings is 2. The van der Waals surface area contributed by atoms with E-state index < -0.39 is 0 Å². The Morgan fingerprint density at radius 2 is 1.92 bits per heavy atom. The third-order valence-corrected chi connectivity index (χ3v) is 7.98. The molecule has 1 amide bonds. The van der Waals surface area contributed by atoms with Gasteiger partial charge in [-0.1, -0.05) is 48.6 Å². The Hall–Kier alpha value is -4.39. The van der Waals surface area contributed by atoms with Crippen LogP contribution in [0.2, 0.25) is 0 Å². The van der Waals surface area contributed by atoms with E-state index in [2.05, 4.69) is 68.9 Å². The molecule has 0 bridgehead atoms. The standard InChI is InChI=1S/C32H34N6O/c1-20(2)18-34-25-14-12-23(13-15-25)29-27(28-30(33)35-19-36-31(28)37(29)3)22-8-10-24(11-9-22)32(39)38-17-16-21-6-4-5-7-26(21)38/h4-8,12-15,19,24,34H,1,9-11,16-18H2,2-3H3,(H2,33,35,36)/t24-/m0/s1. The highest BCUT2D eigenvalue weighted by Gasteiger charge is 2.32. The highest BCUT2D eigenvalue weighted by atomic mass is 16.2. The summed E-state index contributed by atoms with van der Waals surface area (Å²) in [6.07, 6.45) is 6.99. The van der Waals surface area contributed by atoms with Gasteiger partial charge in [-0.05, 0) is 67.5 Å². The summed E-state index contributed by atoms with van der Waals surface area (Å²) in [5, 5.41) is 4.28. The minimum absolute atomic E-state index is 0.0226. The number of allylic oxidation sites excluding steroid dienone is 2. The summed E-state index contributed by atoms with van der Waals surface area (Å²) in [6.45, 7) is 7.48. The van der Waals surface area contributed by atoms with E-state index >= 15 is 0 Å². The Morgan fingerprint density at radius 1 is 1.13 bits per heavy atom. The molecule has 0 fully saturated rings. The van der Waals surface area contributed by atoms with Crippen LogP contribution in [0.5, 0.6) is 0 Å². The second-order valence-corrected chi connectivity index (χ2v) is 10.7. The fourth-order valence-corrected chi connectivity index (χ4v) is 6.00. The summed E-state index contributed by atoms with van der Waals surface area (Å²) in [6, 6.07) is 16.7. The smallest absolute Gasteiger partial charge is 0.230 e. The van der Waals surface area contributed by atoms with Gasteiger partial charge in [-0.25, -0.2) is 9.97 Å². The number of carbonyl (C=O) groups is 1. The van der Waals surface area contributed by atoms with E-state index in [0.717, 1.165) is 77.2 Å². The molecule has 1 aliphatic carbocycles. The number of rotatable bonds is 6. The first kappa shape index (κ1) is 24.9. The van der Waals surface area contributed by atoms with Gasteiger partial charge in [0.1, 0.15) is 17.8 Å². The second kappa shape index (κ2) is 10.1. The summed E-state index contributed by atoms with van der Waals surface area (Å²) < 4.78 is 2.11.